The standard InChI is InChI=1S/C33H50N4O7/c1-7-20(2)29(36-30(41)21(3)37(23-13-9-8-10-14-23)32(43)44-33(4,5)6)31(42)35-26(27(38)18-28(39)40)17-22-19-34-25-16-12-11-15-24(22)25/h11-12,15-16,19-21,23,26-27,29,34,38H,7-10,13-14,17-18H2,1-6H3,(H,35,42)(H,36,41)(H,39,40)/t20-,21-,26-,27?,29-/m0/s1. The first kappa shape index (κ1) is 34.9. The molecule has 1 fully saturated rings. The average molecular weight is 615 g/mol. The number of aromatic amines is 1. The lowest BCUT2D eigenvalue weighted by Gasteiger charge is -2.39. The zero-order valence-electron chi connectivity index (χ0n) is 26.9. The van der Waals surface area contributed by atoms with Crippen LogP contribution >= 0.6 is 0 Å². The molecule has 0 aliphatic heterocycles. The van der Waals surface area contributed by atoms with E-state index in [1.54, 1.807) is 33.9 Å². The van der Waals surface area contributed by atoms with Crippen LogP contribution in [-0.2, 0) is 25.5 Å². The van der Waals surface area contributed by atoms with Crippen molar-refractivity contribution < 1.29 is 34.1 Å². The fraction of sp³-hybridized carbons (Fsp3) is 0.636. The lowest BCUT2D eigenvalue weighted by molar-refractivity contribution is -0.140. The van der Waals surface area contributed by atoms with Crippen LogP contribution < -0.4 is 10.6 Å². The molecule has 0 spiro atoms. The van der Waals surface area contributed by atoms with Gasteiger partial charge in [0.25, 0.3) is 0 Å². The van der Waals surface area contributed by atoms with Crippen molar-refractivity contribution in [3.63, 3.8) is 0 Å². The molecule has 1 heterocycles. The molecule has 0 saturated heterocycles. The number of nitrogens with zero attached hydrogens (tertiary/aromatic N) is 1. The van der Waals surface area contributed by atoms with Gasteiger partial charge >= 0.3 is 12.1 Å². The second-order valence-corrected chi connectivity index (χ2v) is 13.1. The summed E-state index contributed by atoms with van der Waals surface area (Å²) in [6, 6.07) is 4.63. The van der Waals surface area contributed by atoms with E-state index in [1.165, 1.54) is 4.90 Å². The summed E-state index contributed by atoms with van der Waals surface area (Å²) in [5.74, 6) is -2.50. The van der Waals surface area contributed by atoms with Crippen LogP contribution in [0.4, 0.5) is 4.79 Å². The number of carboxylic acids is 1. The van der Waals surface area contributed by atoms with Gasteiger partial charge in [-0.2, -0.15) is 0 Å². The molecule has 0 radical (unpaired) electrons. The maximum absolute atomic E-state index is 13.8. The maximum atomic E-state index is 13.8. The van der Waals surface area contributed by atoms with E-state index < -0.39 is 60.1 Å². The molecule has 2 aromatic rings. The van der Waals surface area contributed by atoms with Crippen molar-refractivity contribution in [1.82, 2.24) is 20.5 Å². The summed E-state index contributed by atoms with van der Waals surface area (Å²) in [6.45, 7) is 10.7. The van der Waals surface area contributed by atoms with E-state index in [0.717, 1.165) is 48.6 Å². The Labute approximate surface area is 260 Å². The number of aliphatic hydroxyl groups is 1. The van der Waals surface area contributed by atoms with E-state index in [9.17, 15) is 29.4 Å². The van der Waals surface area contributed by atoms with Gasteiger partial charge in [0.1, 0.15) is 17.7 Å². The summed E-state index contributed by atoms with van der Waals surface area (Å²) in [7, 11) is 0. The van der Waals surface area contributed by atoms with E-state index in [4.69, 9.17) is 4.74 Å². The number of fused-ring (bicyclic) bond motifs is 1. The largest absolute Gasteiger partial charge is 0.481 e. The summed E-state index contributed by atoms with van der Waals surface area (Å²) in [6.07, 6.45) is 4.54. The predicted octanol–water partition coefficient (Wildman–Crippen LogP) is 4.52. The topological polar surface area (TPSA) is 161 Å². The lowest BCUT2D eigenvalue weighted by Crippen LogP contribution is -2.60. The molecule has 1 aliphatic rings. The second kappa shape index (κ2) is 15.4. The minimum atomic E-state index is -1.37. The molecule has 1 saturated carbocycles. The van der Waals surface area contributed by atoms with Gasteiger partial charge in [-0.1, -0.05) is 57.7 Å². The Hall–Kier alpha value is -3.60. The molecule has 11 heteroatoms. The van der Waals surface area contributed by atoms with Crippen molar-refractivity contribution in [3.05, 3.63) is 36.0 Å². The minimum absolute atomic E-state index is 0.151. The number of ether oxygens (including phenoxy) is 1. The van der Waals surface area contributed by atoms with E-state index >= 15 is 0 Å². The zero-order chi connectivity index (χ0) is 32.6. The first-order valence-corrected chi connectivity index (χ1v) is 15.8. The molecule has 44 heavy (non-hydrogen) atoms. The Kier molecular flexibility index (Phi) is 12.2. The molecule has 1 aliphatic carbocycles. The van der Waals surface area contributed by atoms with Gasteiger partial charge in [0.05, 0.1) is 18.6 Å². The number of rotatable bonds is 13. The number of carbonyl (C=O) groups excluding carboxylic acids is 3. The third-order valence-corrected chi connectivity index (χ3v) is 8.45. The number of aliphatic carboxylic acids is 1. The van der Waals surface area contributed by atoms with Crippen molar-refractivity contribution in [2.24, 2.45) is 5.92 Å². The van der Waals surface area contributed by atoms with Crippen LogP contribution in [0.1, 0.15) is 92.1 Å². The number of carbonyl (C=O) groups is 4. The fourth-order valence-electron chi connectivity index (χ4n) is 5.81. The van der Waals surface area contributed by atoms with E-state index in [0.29, 0.717) is 6.42 Å². The van der Waals surface area contributed by atoms with Crippen LogP contribution in [0.3, 0.4) is 0 Å². The van der Waals surface area contributed by atoms with Crippen molar-refractivity contribution in [3.8, 4) is 0 Å². The van der Waals surface area contributed by atoms with Gasteiger partial charge in [-0.3, -0.25) is 19.3 Å². The van der Waals surface area contributed by atoms with Crippen LogP contribution in [0.2, 0.25) is 0 Å². The van der Waals surface area contributed by atoms with Crippen LogP contribution in [0.5, 0.6) is 0 Å². The lowest BCUT2D eigenvalue weighted by atomic mass is 9.93. The fourth-order valence-corrected chi connectivity index (χ4v) is 5.81. The highest BCUT2D eigenvalue weighted by Crippen LogP contribution is 2.27. The second-order valence-electron chi connectivity index (χ2n) is 13.1. The highest BCUT2D eigenvalue weighted by Gasteiger charge is 2.38. The average Bonchev–Trinajstić information content (AvgIpc) is 3.37. The number of nitrogens with one attached hydrogen (secondary N) is 3. The number of H-pyrrole nitrogens is 1. The zero-order valence-corrected chi connectivity index (χ0v) is 26.9. The number of carboxylic acid groups (broad SMARTS) is 1. The number of para-hydroxylation sites is 1. The van der Waals surface area contributed by atoms with Crippen LogP contribution in [-0.4, -0.2) is 79.8 Å². The predicted molar refractivity (Wildman–Crippen MR) is 168 cm³/mol. The van der Waals surface area contributed by atoms with Gasteiger partial charge in [0, 0.05) is 23.1 Å². The number of aliphatic hydroxyl groups excluding tert-OH is 1. The normalized spacial score (nSPS) is 17.6. The van der Waals surface area contributed by atoms with Gasteiger partial charge < -0.3 is 30.6 Å². The molecule has 5 N–H and O–H groups in total. The summed E-state index contributed by atoms with van der Waals surface area (Å²) in [4.78, 5) is 57.0. The molecule has 11 nitrogen and oxygen atoms in total. The molecule has 244 valence electrons. The first-order chi connectivity index (χ1) is 20.7. The maximum Gasteiger partial charge on any atom is 0.411 e. The molecule has 0 bridgehead atoms. The monoisotopic (exact) mass is 614 g/mol. The summed E-state index contributed by atoms with van der Waals surface area (Å²) in [5, 5.41) is 26.9. The SMILES string of the molecule is CC[C@H](C)[C@H](NC(=O)[C@H](C)N(C(=O)OC(C)(C)C)C1CCCCC1)C(=O)N[C@@H](Cc1c[nH]c2ccccc12)C(O)CC(=O)O. The Morgan fingerprint density at radius 1 is 1.05 bits per heavy atom. The Bertz CT molecular complexity index is 1280. The van der Waals surface area contributed by atoms with Gasteiger partial charge in [-0.05, 0) is 64.5 Å². The third kappa shape index (κ3) is 9.45. The number of benzene rings is 1. The quantitative estimate of drug-likeness (QED) is 0.222. The number of hydrogen-bond acceptors (Lipinski definition) is 6. The van der Waals surface area contributed by atoms with Crippen molar-refractivity contribution in [1.29, 1.82) is 0 Å². The molecule has 1 unspecified atom stereocenters. The van der Waals surface area contributed by atoms with E-state index in [-0.39, 0.29) is 18.4 Å². The van der Waals surface area contributed by atoms with Gasteiger partial charge in [0.2, 0.25) is 11.8 Å². The summed E-state index contributed by atoms with van der Waals surface area (Å²) in [5.41, 5.74) is 0.954. The highest BCUT2D eigenvalue weighted by molar-refractivity contribution is 5.91. The van der Waals surface area contributed by atoms with Crippen LogP contribution in [0, 0.1) is 5.92 Å². The molecule has 1 aromatic carbocycles. The third-order valence-electron chi connectivity index (χ3n) is 8.45. The molecule has 1 aromatic heterocycles. The van der Waals surface area contributed by atoms with E-state index in [1.807, 2.05) is 38.1 Å². The Balaban J connectivity index is 1.83. The van der Waals surface area contributed by atoms with Crippen LogP contribution in [0.15, 0.2) is 30.5 Å². The number of hydrogen-bond donors (Lipinski definition) is 5. The van der Waals surface area contributed by atoms with Gasteiger partial charge in [-0.15, -0.1) is 0 Å². The molecule has 5 atom stereocenters. The van der Waals surface area contributed by atoms with Gasteiger partial charge in [-0.25, -0.2) is 4.79 Å². The van der Waals surface area contributed by atoms with E-state index in [2.05, 4.69) is 15.6 Å². The highest BCUT2D eigenvalue weighted by atomic mass is 16.6. The minimum Gasteiger partial charge on any atom is -0.481 e. The molecule has 3 amide bonds. The number of aromatic nitrogens is 1. The number of amides is 3. The molecule has 3 rings (SSSR count). The van der Waals surface area contributed by atoms with Crippen LogP contribution in [0.25, 0.3) is 10.9 Å². The smallest absolute Gasteiger partial charge is 0.411 e. The summed E-state index contributed by atoms with van der Waals surface area (Å²) < 4.78 is 5.69. The first-order valence-electron chi connectivity index (χ1n) is 15.8. The van der Waals surface area contributed by atoms with Crippen molar-refractivity contribution in [2.45, 2.75) is 129 Å². The summed E-state index contributed by atoms with van der Waals surface area (Å²) >= 11 is 0. The Morgan fingerprint density at radius 2 is 1.70 bits per heavy atom. The van der Waals surface area contributed by atoms with Crippen molar-refractivity contribution >= 4 is 34.8 Å². The molecular weight excluding hydrogens is 564 g/mol. The molecular formula is C33H50N4O7. The Morgan fingerprint density at radius 3 is 2.32 bits per heavy atom. The van der Waals surface area contributed by atoms with Gasteiger partial charge in [0.15, 0.2) is 0 Å². The van der Waals surface area contributed by atoms with Crippen molar-refractivity contribution in [2.75, 3.05) is 0 Å².